The van der Waals surface area contributed by atoms with Gasteiger partial charge in [-0.1, -0.05) is 41.0 Å². The minimum atomic E-state index is 0.509. The van der Waals surface area contributed by atoms with Gasteiger partial charge in [-0.2, -0.15) is 0 Å². The molecule has 0 amide bonds. The molecule has 0 aliphatic rings. The van der Waals surface area contributed by atoms with Crippen LogP contribution in [0.2, 0.25) is 0 Å². The summed E-state index contributed by atoms with van der Waals surface area (Å²) < 4.78 is 0. The lowest BCUT2D eigenvalue weighted by Crippen LogP contribution is -2.15. The van der Waals surface area contributed by atoms with Crippen molar-refractivity contribution in [2.75, 3.05) is 0 Å². The molecule has 0 N–H and O–H groups in total. The highest BCUT2D eigenvalue weighted by Crippen LogP contribution is 2.27. The highest BCUT2D eigenvalue weighted by atomic mass is 36.0. The summed E-state index contributed by atoms with van der Waals surface area (Å²) in [5, 5.41) is 0. The van der Waals surface area contributed by atoms with Crippen molar-refractivity contribution in [1.29, 1.82) is 0 Å². The van der Waals surface area contributed by atoms with Crippen LogP contribution in [0.1, 0.15) is 41.0 Å². The van der Waals surface area contributed by atoms with Gasteiger partial charge in [-0.25, -0.2) is 0 Å². The second kappa shape index (κ2) is 7.57. The molecule has 0 fully saturated rings. The van der Waals surface area contributed by atoms with E-state index in [0.717, 1.165) is 5.92 Å². The van der Waals surface area contributed by atoms with Gasteiger partial charge in [-0.3, -0.25) is 0 Å². The Hall–Kier alpha value is 0.930. The summed E-state index contributed by atoms with van der Waals surface area (Å²) in [7, 11) is 10.1. The molecule has 0 rings (SSSR count). The average molecular weight is 217 g/mol. The Labute approximate surface area is 84.0 Å². The first-order valence-electron chi connectivity index (χ1n) is 3.79. The summed E-state index contributed by atoms with van der Waals surface area (Å²) in [6, 6.07) is 0. The van der Waals surface area contributed by atoms with Crippen LogP contribution >= 0.6 is 31.6 Å². The SMILES string of the molecule is CCC(C)C(C)(C)C.ClSCl. The monoisotopic (exact) mass is 216 g/mol. The fourth-order valence-corrected chi connectivity index (χ4v) is 0.612. The molecular weight excluding hydrogens is 199 g/mol. The molecule has 0 aliphatic heterocycles. The van der Waals surface area contributed by atoms with Gasteiger partial charge < -0.3 is 0 Å². The lowest BCUT2D eigenvalue weighted by molar-refractivity contribution is 0.254. The van der Waals surface area contributed by atoms with E-state index >= 15 is 0 Å². The van der Waals surface area contributed by atoms with E-state index in [4.69, 9.17) is 0 Å². The summed E-state index contributed by atoms with van der Waals surface area (Å²) in [5.74, 6) is 0.850. The molecule has 0 radical (unpaired) electrons. The Morgan fingerprint density at radius 1 is 1.27 bits per heavy atom. The molecule has 1 atom stereocenters. The van der Waals surface area contributed by atoms with Gasteiger partial charge in [0.2, 0.25) is 0 Å². The Morgan fingerprint density at radius 3 is 1.55 bits per heavy atom. The van der Waals surface area contributed by atoms with Crippen molar-refractivity contribution in [2.45, 2.75) is 41.0 Å². The number of rotatable bonds is 1. The summed E-state index contributed by atoms with van der Waals surface area (Å²) in [6.45, 7) is 11.4. The Balaban J connectivity index is 0. The van der Waals surface area contributed by atoms with Crippen LogP contribution in [0.3, 0.4) is 0 Å². The second-order valence-corrected chi connectivity index (χ2v) is 5.25. The molecule has 11 heavy (non-hydrogen) atoms. The zero-order chi connectivity index (χ0) is 9.49. The van der Waals surface area contributed by atoms with Crippen molar-refractivity contribution in [2.24, 2.45) is 11.3 Å². The molecule has 0 heterocycles. The van der Waals surface area contributed by atoms with Crippen LogP contribution < -0.4 is 0 Å². The Bertz CT molecular complexity index is 78.7. The van der Waals surface area contributed by atoms with Crippen LogP contribution in [0, 0.1) is 11.3 Å². The van der Waals surface area contributed by atoms with Crippen molar-refractivity contribution in [3.8, 4) is 0 Å². The van der Waals surface area contributed by atoms with E-state index < -0.39 is 0 Å². The molecule has 0 bridgehead atoms. The zero-order valence-electron chi connectivity index (χ0n) is 7.95. The molecule has 0 saturated heterocycles. The molecule has 70 valence electrons. The zero-order valence-corrected chi connectivity index (χ0v) is 10.3. The minimum Gasteiger partial charge on any atom is -0.0651 e. The van der Waals surface area contributed by atoms with E-state index in [1.54, 1.807) is 0 Å². The van der Waals surface area contributed by atoms with Crippen LogP contribution in [0.15, 0.2) is 0 Å². The molecular formula is C8H18Cl2S. The third-order valence-electron chi connectivity index (χ3n) is 2.09. The largest absolute Gasteiger partial charge is 0.0651 e. The highest BCUT2D eigenvalue weighted by Gasteiger charge is 2.16. The highest BCUT2D eigenvalue weighted by molar-refractivity contribution is 8.38. The first-order valence-corrected chi connectivity index (χ1v) is 6.26. The molecule has 0 aromatic carbocycles. The molecule has 0 aliphatic carbocycles. The summed E-state index contributed by atoms with van der Waals surface area (Å²) in [5.41, 5.74) is 0.509. The van der Waals surface area contributed by atoms with Crippen molar-refractivity contribution in [3.63, 3.8) is 0 Å². The molecule has 1 unspecified atom stereocenters. The number of hydrogen-bond donors (Lipinski definition) is 0. The predicted molar refractivity (Wildman–Crippen MR) is 58.2 cm³/mol. The van der Waals surface area contributed by atoms with Crippen LogP contribution in [0.25, 0.3) is 0 Å². The van der Waals surface area contributed by atoms with Crippen molar-refractivity contribution in [3.05, 3.63) is 0 Å². The van der Waals surface area contributed by atoms with E-state index in [2.05, 4.69) is 56.0 Å². The molecule has 0 saturated carbocycles. The van der Waals surface area contributed by atoms with E-state index in [1.807, 2.05) is 0 Å². The maximum absolute atomic E-state index is 4.68. The summed E-state index contributed by atoms with van der Waals surface area (Å²) >= 11 is 0. The molecule has 0 aromatic rings. The van der Waals surface area contributed by atoms with Gasteiger partial charge in [-0.15, -0.1) is 0 Å². The van der Waals surface area contributed by atoms with E-state index in [-0.39, 0.29) is 0 Å². The topological polar surface area (TPSA) is 0 Å². The van der Waals surface area contributed by atoms with Crippen LogP contribution in [-0.4, -0.2) is 0 Å². The third-order valence-corrected chi connectivity index (χ3v) is 2.09. The number of hydrogen-bond acceptors (Lipinski definition) is 1. The average Bonchev–Trinajstić information content (AvgIpc) is 1.86. The van der Waals surface area contributed by atoms with Crippen molar-refractivity contribution in [1.82, 2.24) is 0 Å². The van der Waals surface area contributed by atoms with E-state index in [9.17, 15) is 0 Å². The Morgan fingerprint density at radius 2 is 1.55 bits per heavy atom. The van der Waals surface area contributed by atoms with Gasteiger partial charge in [0, 0.05) is 0 Å². The minimum absolute atomic E-state index is 0.509. The normalized spacial score (nSPS) is 13.4. The Kier molecular flexibility index (Phi) is 9.95. The van der Waals surface area contributed by atoms with E-state index in [0.29, 0.717) is 15.6 Å². The lowest BCUT2D eigenvalue weighted by Gasteiger charge is -2.25. The standard InChI is InChI=1S/C8H18.Cl2S/c1-6-7(2)8(3,4)5;1-3-2/h7H,6H2,1-5H3;. The van der Waals surface area contributed by atoms with Gasteiger partial charge >= 0.3 is 0 Å². The molecule has 3 heteroatoms. The molecule has 0 aromatic heterocycles. The summed E-state index contributed by atoms with van der Waals surface area (Å²) in [6.07, 6.45) is 1.30. The van der Waals surface area contributed by atoms with Crippen LogP contribution in [0.5, 0.6) is 0 Å². The van der Waals surface area contributed by atoms with Gasteiger partial charge in [0.1, 0.15) is 0 Å². The van der Waals surface area contributed by atoms with Crippen LogP contribution in [0.4, 0.5) is 0 Å². The van der Waals surface area contributed by atoms with Crippen molar-refractivity contribution >= 4 is 31.6 Å². The smallest absolute Gasteiger partial charge is 0.0523 e. The first-order chi connectivity index (χ1) is 4.90. The maximum Gasteiger partial charge on any atom is 0.0523 e. The fourth-order valence-electron chi connectivity index (χ4n) is 0.612. The van der Waals surface area contributed by atoms with Crippen LogP contribution in [-0.2, 0) is 0 Å². The lowest BCUT2D eigenvalue weighted by atomic mass is 9.81. The second-order valence-electron chi connectivity index (χ2n) is 3.73. The van der Waals surface area contributed by atoms with Gasteiger partial charge in [0.15, 0.2) is 0 Å². The van der Waals surface area contributed by atoms with Crippen molar-refractivity contribution < 1.29 is 0 Å². The first kappa shape index (κ1) is 14.5. The third kappa shape index (κ3) is 10.9. The fraction of sp³-hybridized carbons (Fsp3) is 1.00. The summed E-state index contributed by atoms with van der Waals surface area (Å²) in [4.78, 5) is 0. The number of halogens is 2. The predicted octanol–water partition coefficient (Wildman–Crippen LogP) is 5.11. The van der Waals surface area contributed by atoms with Gasteiger partial charge in [0.05, 0.1) is 10.2 Å². The van der Waals surface area contributed by atoms with Gasteiger partial charge in [-0.05, 0) is 32.7 Å². The molecule has 0 nitrogen and oxygen atoms in total. The quantitative estimate of drug-likeness (QED) is 0.588. The maximum atomic E-state index is 4.68. The van der Waals surface area contributed by atoms with Gasteiger partial charge in [0.25, 0.3) is 0 Å². The van der Waals surface area contributed by atoms with E-state index in [1.165, 1.54) is 6.42 Å². The molecule has 0 spiro atoms.